The molecule has 2 aromatic heterocycles. The molecule has 4 rings (SSSR count). The second-order valence-corrected chi connectivity index (χ2v) is 6.45. The van der Waals surface area contributed by atoms with E-state index in [9.17, 15) is 4.79 Å². The molecule has 1 atom stereocenters. The van der Waals surface area contributed by atoms with E-state index in [1.54, 1.807) is 6.20 Å². The topological polar surface area (TPSA) is 72.1 Å². The lowest BCUT2D eigenvalue weighted by Crippen LogP contribution is -2.32. The molecule has 1 aromatic carbocycles. The molecule has 0 saturated carbocycles. The van der Waals surface area contributed by atoms with Crippen LogP contribution in [-0.2, 0) is 6.54 Å². The molecule has 126 valence electrons. The Morgan fingerprint density at radius 2 is 1.92 bits per heavy atom. The Hall–Kier alpha value is -3.02. The normalized spacial score (nSPS) is 14.8. The van der Waals surface area contributed by atoms with Crippen molar-refractivity contribution in [2.75, 3.05) is 0 Å². The summed E-state index contributed by atoms with van der Waals surface area (Å²) in [5.74, 6) is 1.02. The minimum atomic E-state index is -0.273. The third kappa shape index (κ3) is 2.69. The zero-order valence-corrected chi connectivity index (χ0v) is 14.1. The van der Waals surface area contributed by atoms with Crippen LogP contribution in [0.1, 0.15) is 41.7 Å². The van der Waals surface area contributed by atoms with Gasteiger partial charge in [-0.25, -0.2) is 0 Å². The molecule has 0 spiro atoms. The molecule has 1 amide bonds. The van der Waals surface area contributed by atoms with Crippen LogP contribution in [0.2, 0.25) is 0 Å². The Labute approximate surface area is 145 Å². The van der Waals surface area contributed by atoms with E-state index < -0.39 is 0 Å². The highest BCUT2D eigenvalue weighted by atomic mass is 16.5. The number of pyridine rings is 1. The van der Waals surface area contributed by atoms with Gasteiger partial charge >= 0.3 is 0 Å². The van der Waals surface area contributed by atoms with E-state index in [-0.39, 0.29) is 17.9 Å². The van der Waals surface area contributed by atoms with Crippen LogP contribution < -0.4 is 0 Å². The lowest BCUT2D eigenvalue weighted by molar-refractivity contribution is 0.0596. The van der Waals surface area contributed by atoms with Crippen molar-refractivity contribution in [3.8, 4) is 11.5 Å². The summed E-state index contributed by atoms with van der Waals surface area (Å²) in [6.45, 7) is 4.65. The van der Waals surface area contributed by atoms with Crippen molar-refractivity contribution in [3.05, 3.63) is 65.7 Å². The first-order valence-corrected chi connectivity index (χ1v) is 8.29. The lowest BCUT2D eigenvalue weighted by Gasteiger charge is -2.27. The molecule has 0 radical (unpaired) electrons. The molecule has 3 heterocycles. The largest absolute Gasteiger partial charge is 0.337 e. The van der Waals surface area contributed by atoms with Gasteiger partial charge < -0.3 is 9.42 Å². The number of carbonyl (C=O) groups excluding carboxylic acids is 1. The van der Waals surface area contributed by atoms with Gasteiger partial charge in [0.05, 0.1) is 0 Å². The lowest BCUT2D eigenvalue weighted by atomic mass is 10.0. The summed E-state index contributed by atoms with van der Waals surface area (Å²) >= 11 is 0. The number of benzene rings is 1. The van der Waals surface area contributed by atoms with Gasteiger partial charge in [0.2, 0.25) is 11.7 Å². The van der Waals surface area contributed by atoms with Crippen molar-refractivity contribution >= 4 is 5.91 Å². The first-order valence-electron chi connectivity index (χ1n) is 8.29. The van der Waals surface area contributed by atoms with E-state index in [1.807, 2.05) is 61.2 Å². The van der Waals surface area contributed by atoms with E-state index in [0.29, 0.717) is 24.0 Å². The quantitative estimate of drug-likeness (QED) is 0.730. The highest BCUT2D eigenvalue weighted by Crippen LogP contribution is 2.35. The smallest absolute Gasteiger partial charge is 0.255 e. The molecular weight excluding hydrogens is 316 g/mol. The van der Waals surface area contributed by atoms with Crippen LogP contribution in [0.3, 0.4) is 0 Å². The number of rotatable bonds is 4. The maximum Gasteiger partial charge on any atom is 0.255 e. The molecule has 0 bridgehead atoms. The van der Waals surface area contributed by atoms with Gasteiger partial charge in [0, 0.05) is 18.3 Å². The summed E-state index contributed by atoms with van der Waals surface area (Å²) < 4.78 is 5.51. The zero-order valence-electron chi connectivity index (χ0n) is 14.1. The Balaban J connectivity index is 1.68. The van der Waals surface area contributed by atoms with E-state index >= 15 is 0 Å². The third-order valence-electron chi connectivity index (χ3n) is 4.41. The van der Waals surface area contributed by atoms with Gasteiger partial charge in [0.25, 0.3) is 5.91 Å². The van der Waals surface area contributed by atoms with Crippen molar-refractivity contribution in [2.45, 2.75) is 26.4 Å². The van der Waals surface area contributed by atoms with Gasteiger partial charge in [0.15, 0.2) is 0 Å². The number of hydrogen-bond acceptors (Lipinski definition) is 5. The molecule has 0 aliphatic carbocycles. The number of amides is 1. The summed E-state index contributed by atoms with van der Waals surface area (Å²) in [5.41, 5.74) is 2.43. The molecule has 0 saturated heterocycles. The first kappa shape index (κ1) is 15.5. The van der Waals surface area contributed by atoms with E-state index in [2.05, 4.69) is 15.1 Å². The van der Waals surface area contributed by atoms with Crippen LogP contribution in [0.15, 0.2) is 53.2 Å². The molecule has 6 heteroatoms. The monoisotopic (exact) mass is 334 g/mol. The number of fused-ring (bicyclic) bond motifs is 1. The van der Waals surface area contributed by atoms with Gasteiger partial charge in [0.1, 0.15) is 11.7 Å². The van der Waals surface area contributed by atoms with Crippen LogP contribution in [0.25, 0.3) is 11.5 Å². The van der Waals surface area contributed by atoms with Crippen molar-refractivity contribution < 1.29 is 9.32 Å². The molecular formula is C19H18N4O2. The number of carbonyl (C=O) groups is 1. The van der Waals surface area contributed by atoms with E-state index in [4.69, 9.17) is 4.52 Å². The van der Waals surface area contributed by atoms with Crippen molar-refractivity contribution in [3.63, 3.8) is 0 Å². The van der Waals surface area contributed by atoms with Crippen LogP contribution in [0.4, 0.5) is 0 Å². The molecule has 0 N–H and O–H groups in total. The minimum Gasteiger partial charge on any atom is -0.337 e. The highest BCUT2D eigenvalue weighted by molar-refractivity contribution is 5.98. The van der Waals surface area contributed by atoms with Gasteiger partial charge in [-0.3, -0.25) is 9.78 Å². The van der Waals surface area contributed by atoms with Crippen LogP contribution in [0, 0.1) is 5.92 Å². The highest BCUT2D eigenvalue weighted by Gasteiger charge is 2.37. The summed E-state index contributed by atoms with van der Waals surface area (Å²) in [6, 6.07) is 12.9. The molecule has 6 nitrogen and oxygen atoms in total. The number of hydrogen-bond donors (Lipinski definition) is 0. The standard InChI is InChI=1S/C19H18N4O2/c1-12(2)16(23-11-13-7-3-4-8-14(13)19(23)24)18-21-17(22-25-18)15-9-5-6-10-20-15/h3-10,12,16H,11H2,1-2H3/t16-/m1/s1. The Morgan fingerprint density at radius 1 is 1.12 bits per heavy atom. The van der Waals surface area contributed by atoms with Crippen molar-refractivity contribution in [2.24, 2.45) is 5.92 Å². The van der Waals surface area contributed by atoms with E-state index in [1.165, 1.54) is 0 Å². The molecule has 25 heavy (non-hydrogen) atoms. The molecule has 3 aromatic rings. The predicted molar refractivity (Wildman–Crippen MR) is 91.4 cm³/mol. The van der Waals surface area contributed by atoms with E-state index in [0.717, 1.165) is 11.1 Å². The average Bonchev–Trinajstić information content (AvgIpc) is 3.22. The number of aromatic nitrogens is 3. The van der Waals surface area contributed by atoms with Crippen LogP contribution in [-0.4, -0.2) is 25.9 Å². The Bertz CT molecular complexity index is 905. The van der Waals surface area contributed by atoms with Crippen LogP contribution in [0.5, 0.6) is 0 Å². The summed E-state index contributed by atoms with van der Waals surface area (Å²) in [7, 11) is 0. The Morgan fingerprint density at radius 3 is 2.64 bits per heavy atom. The predicted octanol–water partition coefficient (Wildman–Crippen LogP) is 3.48. The maximum absolute atomic E-state index is 12.8. The first-order chi connectivity index (χ1) is 12.1. The molecule has 0 fully saturated rings. The fourth-order valence-electron chi connectivity index (χ4n) is 3.23. The average molecular weight is 334 g/mol. The SMILES string of the molecule is CC(C)[C@H](c1nc(-c2ccccn2)no1)N1Cc2ccccc2C1=O. The molecule has 1 aliphatic heterocycles. The summed E-state index contributed by atoms with van der Waals surface area (Å²) in [5, 5.41) is 4.05. The van der Waals surface area contributed by atoms with Crippen molar-refractivity contribution in [1.82, 2.24) is 20.0 Å². The van der Waals surface area contributed by atoms with Crippen molar-refractivity contribution in [1.29, 1.82) is 0 Å². The summed E-state index contributed by atoms with van der Waals surface area (Å²) in [6.07, 6.45) is 1.69. The van der Waals surface area contributed by atoms with Gasteiger partial charge in [-0.1, -0.05) is 43.3 Å². The minimum absolute atomic E-state index is 0.00638. The van der Waals surface area contributed by atoms with Crippen LogP contribution >= 0.6 is 0 Å². The second kappa shape index (κ2) is 6.12. The van der Waals surface area contributed by atoms with Gasteiger partial charge in [-0.15, -0.1) is 0 Å². The van der Waals surface area contributed by atoms with Gasteiger partial charge in [-0.2, -0.15) is 4.98 Å². The Kier molecular flexibility index (Phi) is 3.80. The van der Waals surface area contributed by atoms with Gasteiger partial charge in [-0.05, 0) is 29.7 Å². The maximum atomic E-state index is 12.8. The fourth-order valence-corrected chi connectivity index (χ4v) is 3.23. The fraction of sp³-hybridized carbons (Fsp3) is 0.263. The second-order valence-electron chi connectivity index (χ2n) is 6.45. The molecule has 1 aliphatic rings. The zero-order chi connectivity index (χ0) is 17.4. The number of nitrogens with zero attached hydrogens (tertiary/aromatic N) is 4. The summed E-state index contributed by atoms with van der Waals surface area (Å²) in [4.78, 5) is 23.4. The molecule has 0 unspecified atom stereocenters. The third-order valence-corrected chi connectivity index (χ3v) is 4.41.